The molecule has 0 saturated heterocycles. The van der Waals surface area contributed by atoms with Gasteiger partial charge >= 0.3 is 12.2 Å². The van der Waals surface area contributed by atoms with Gasteiger partial charge in [-0.2, -0.15) is 23.3 Å². The van der Waals surface area contributed by atoms with Gasteiger partial charge in [-0.25, -0.2) is 8.42 Å². The van der Waals surface area contributed by atoms with Crippen LogP contribution < -0.4 is 10.7 Å². The number of fused-ring (bicyclic) bond motifs is 2. The molecule has 0 unspecified atom stereocenters. The van der Waals surface area contributed by atoms with Crippen LogP contribution in [-0.2, 0) is 27.2 Å². The van der Waals surface area contributed by atoms with Gasteiger partial charge in [0.05, 0.1) is 28.1 Å². The number of benzene rings is 2. The van der Waals surface area contributed by atoms with Gasteiger partial charge < -0.3 is 4.42 Å². The molecular weight excluding hydrogens is 501 g/mol. The maximum Gasteiger partial charge on any atom is 0.416 e. The second kappa shape index (κ2) is 9.04. The monoisotopic (exact) mass is 522 g/mol. The fourth-order valence-corrected chi connectivity index (χ4v) is 4.52. The quantitative estimate of drug-likeness (QED) is 0.404. The van der Waals surface area contributed by atoms with Crippen LogP contribution in [0.2, 0.25) is 0 Å². The molecular formula is C23H21F3N4O5S. The van der Waals surface area contributed by atoms with Crippen LogP contribution in [0.4, 0.5) is 19.2 Å². The zero-order chi connectivity index (χ0) is 26.4. The van der Waals surface area contributed by atoms with E-state index in [1.807, 2.05) is 0 Å². The number of oxazole rings is 1. The number of anilines is 1. The van der Waals surface area contributed by atoms with E-state index in [2.05, 4.69) is 15.4 Å². The van der Waals surface area contributed by atoms with Crippen LogP contribution >= 0.6 is 0 Å². The standard InChI is InChI=1S/C23H21F3N4O5S/c1-4-36(33,34)14-6-8-19-16(10-14)27-22(35-19)28-20(31)11-17-21(32)15-7-5-13(23(24,25)26)9-18(15)30(29-17)12(2)3/h5-10,12H,4,11H2,1-3H3,(H,27,28,31). The second-order valence-corrected chi connectivity index (χ2v) is 10.6. The van der Waals surface area contributed by atoms with Crippen LogP contribution in [0.5, 0.6) is 0 Å². The summed E-state index contributed by atoms with van der Waals surface area (Å²) in [4.78, 5) is 29.7. The molecule has 2 heterocycles. The Hall–Kier alpha value is -3.74. The first-order valence-electron chi connectivity index (χ1n) is 10.9. The van der Waals surface area contributed by atoms with Crippen molar-refractivity contribution in [1.82, 2.24) is 14.8 Å². The number of hydrogen-bond donors (Lipinski definition) is 1. The van der Waals surface area contributed by atoms with Gasteiger partial charge in [-0.3, -0.25) is 19.6 Å². The normalized spacial score (nSPS) is 12.5. The molecule has 0 aliphatic heterocycles. The van der Waals surface area contributed by atoms with Crippen LogP contribution in [-0.4, -0.2) is 34.8 Å². The summed E-state index contributed by atoms with van der Waals surface area (Å²) in [7, 11) is -3.47. The highest BCUT2D eigenvalue weighted by atomic mass is 32.2. The molecule has 9 nitrogen and oxygen atoms in total. The van der Waals surface area contributed by atoms with Crippen LogP contribution in [0.25, 0.3) is 22.0 Å². The van der Waals surface area contributed by atoms with E-state index in [0.717, 1.165) is 18.2 Å². The SMILES string of the molecule is CCS(=O)(=O)c1ccc2oc(NC(=O)Cc3nn(C(C)C)c4cc(C(F)(F)F)ccc4c3=O)nc2c1. The first-order valence-corrected chi connectivity index (χ1v) is 12.5. The predicted molar refractivity (Wildman–Crippen MR) is 125 cm³/mol. The van der Waals surface area contributed by atoms with E-state index in [1.54, 1.807) is 13.8 Å². The van der Waals surface area contributed by atoms with Crippen molar-refractivity contribution < 1.29 is 30.8 Å². The smallest absolute Gasteiger partial charge is 0.416 e. The Kier molecular flexibility index (Phi) is 6.37. The lowest BCUT2D eigenvalue weighted by Crippen LogP contribution is -2.25. The Morgan fingerprint density at radius 3 is 2.53 bits per heavy atom. The molecule has 0 saturated carbocycles. The van der Waals surface area contributed by atoms with Gasteiger partial charge in [-0.05, 0) is 50.2 Å². The van der Waals surface area contributed by atoms with Gasteiger partial charge in [0, 0.05) is 11.4 Å². The number of carbonyl (C=O) groups is 1. The van der Waals surface area contributed by atoms with Gasteiger partial charge in [0.1, 0.15) is 11.2 Å². The molecule has 0 aliphatic rings. The first-order chi connectivity index (χ1) is 16.8. The molecule has 36 heavy (non-hydrogen) atoms. The van der Waals surface area contributed by atoms with Crippen molar-refractivity contribution >= 4 is 43.8 Å². The van der Waals surface area contributed by atoms with Crippen molar-refractivity contribution in [3.05, 3.63) is 57.9 Å². The molecule has 190 valence electrons. The number of rotatable bonds is 6. The molecule has 4 rings (SSSR count). The van der Waals surface area contributed by atoms with Crippen LogP contribution in [0, 0.1) is 0 Å². The molecule has 2 aromatic heterocycles. The van der Waals surface area contributed by atoms with E-state index in [-0.39, 0.29) is 44.4 Å². The van der Waals surface area contributed by atoms with Crippen molar-refractivity contribution in [2.24, 2.45) is 0 Å². The van der Waals surface area contributed by atoms with E-state index in [0.29, 0.717) is 0 Å². The van der Waals surface area contributed by atoms with Gasteiger partial charge in [0.15, 0.2) is 15.4 Å². The number of aromatic nitrogens is 3. The Morgan fingerprint density at radius 1 is 1.17 bits per heavy atom. The average Bonchev–Trinajstić information content (AvgIpc) is 3.21. The van der Waals surface area contributed by atoms with E-state index in [9.17, 15) is 31.2 Å². The molecule has 4 aromatic rings. The van der Waals surface area contributed by atoms with Crippen LogP contribution in [0.15, 0.2) is 50.5 Å². The maximum absolute atomic E-state index is 13.2. The van der Waals surface area contributed by atoms with Crippen LogP contribution in [0.1, 0.15) is 38.1 Å². The van der Waals surface area contributed by atoms with E-state index >= 15 is 0 Å². The Bertz CT molecular complexity index is 1660. The summed E-state index contributed by atoms with van der Waals surface area (Å²) in [6, 6.07) is 6.25. The minimum Gasteiger partial charge on any atom is -0.423 e. The Balaban J connectivity index is 1.64. The maximum atomic E-state index is 13.2. The summed E-state index contributed by atoms with van der Waals surface area (Å²) >= 11 is 0. The number of halogens is 3. The van der Waals surface area contributed by atoms with Crippen molar-refractivity contribution in [3.63, 3.8) is 0 Å². The molecule has 2 aromatic carbocycles. The largest absolute Gasteiger partial charge is 0.423 e. The molecule has 1 N–H and O–H groups in total. The van der Waals surface area contributed by atoms with Gasteiger partial charge in [-0.1, -0.05) is 6.92 Å². The lowest BCUT2D eigenvalue weighted by molar-refractivity contribution is -0.137. The zero-order valence-electron chi connectivity index (χ0n) is 19.4. The lowest BCUT2D eigenvalue weighted by Gasteiger charge is -2.16. The fraction of sp³-hybridized carbons (Fsp3) is 0.304. The minimum absolute atomic E-state index is 0.000949. The summed E-state index contributed by atoms with van der Waals surface area (Å²) in [6.07, 6.45) is -5.08. The van der Waals surface area contributed by atoms with Crippen LogP contribution in [0.3, 0.4) is 0 Å². The fourth-order valence-electron chi connectivity index (χ4n) is 3.62. The molecule has 0 atom stereocenters. The van der Waals surface area contributed by atoms with Gasteiger partial charge in [0.2, 0.25) is 11.3 Å². The van der Waals surface area contributed by atoms with Gasteiger partial charge in [-0.15, -0.1) is 0 Å². The number of nitrogens with zero attached hydrogens (tertiary/aromatic N) is 3. The number of sulfone groups is 1. The first kappa shape index (κ1) is 25.4. The summed E-state index contributed by atoms with van der Waals surface area (Å²) in [5.74, 6) is -0.793. The second-order valence-electron chi connectivity index (χ2n) is 8.32. The Morgan fingerprint density at radius 2 is 1.89 bits per heavy atom. The molecule has 0 radical (unpaired) electrons. The Labute approximate surface area is 202 Å². The molecule has 0 bridgehead atoms. The topological polar surface area (TPSA) is 124 Å². The third-order valence-corrected chi connectivity index (χ3v) is 7.20. The van der Waals surface area contributed by atoms with Crippen molar-refractivity contribution in [2.45, 2.75) is 44.3 Å². The van der Waals surface area contributed by atoms with Gasteiger partial charge in [0.25, 0.3) is 0 Å². The van der Waals surface area contributed by atoms with E-state index < -0.39 is 45.4 Å². The zero-order valence-corrected chi connectivity index (χ0v) is 20.2. The van der Waals surface area contributed by atoms with E-state index in [1.165, 1.54) is 29.8 Å². The van der Waals surface area contributed by atoms with Crippen molar-refractivity contribution in [3.8, 4) is 0 Å². The minimum atomic E-state index is -4.59. The molecule has 13 heteroatoms. The third-order valence-electron chi connectivity index (χ3n) is 5.47. The van der Waals surface area contributed by atoms with E-state index in [4.69, 9.17) is 4.42 Å². The predicted octanol–water partition coefficient (Wildman–Crippen LogP) is 4.11. The number of amides is 1. The van der Waals surface area contributed by atoms with Crippen molar-refractivity contribution in [1.29, 1.82) is 0 Å². The molecule has 0 spiro atoms. The molecule has 1 amide bonds. The average molecular weight is 523 g/mol. The number of hydrogen-bond acceptors (Lipinski definition) is 7. The third kappa shape index (κ3) is 4.83. The number of nitrogens with one attached hydrogen (secondary N) is 1. The summed E-state index contributed by atoms with van der Waals surface area (Å²) in [5.41, 5.74) is -1.29. The number of alkyl halides is 3. The highest BCUT2D eigenvalue weighted by molar-refractivity contribution is 7.91. The number of carbonyl (C=O) groups excluding carboxylic acids is 1. The summed E-state index contributed by atoms with van der Waals surface area (Å²) in [5, 5.41) is 6.56. The summed E-state index contributed by atoms with van der Waals surface area (Å²) in [6.45, 7) is 4.88. The lowest BCUT2D eigenvalue weighted by atomic mass is 10.1. The van der Waals surface area contributed by atoms with Crippen molar-refractivity contribution in [2.75, 3.05) is 11.1 Å². The highest BCUT2D eigenvalue weighted by Crippen LogP contribution is 2.31. The highest BCUT2D eigenvalue weighted by Gasteiger charge is 2.31. The summed E-state index contributed by atoms with van der Waals surface area (Å²) < 4.78 is 70.4. The molecule has 0 aliphatic carbocycles. The molecule has 0 fully saturated rings.